The van der Waals surface area contributed by atoms with Gasteiger partial charge in [-0.2, -0.15) is 5.26 Å². The van der Waals surface area contributed by atoms with Crippen LogP contribution in [0.15, 0.2) is 35.5 Å². The zero-order valence-corrected chi connectivity index (χ0v) is 11.5. The molecule has 0 bridgehead atoms. The van der Waals surface area contributed by atoms with Crippen molar-refractivity contribution in [1.29, 1.82) is 5.26 Å². The molecule has 0 saturated heterocycles. The van der Waals surface area contributed by atoms with Crippen molar-refractivity contribution in [1.82, 2.24) is 14.7 Å². The lowest BCUT2D eigenvalue weighted by atomic mass is 10.2. The minimum Gasteiger partial charge on any atom is -0.399 e. The Morgan fingerprint density at radius 3 is 2.85 bits per heavy atom. The van der Waals surface area contributed by atoms with Gasteiger partial charge < -0.3 is 10.7 Å². The van der Waals surface area contributed by atoms with Gasteiger partial charge in [0.25, 0.3) is 0 Å². The highest BCUT2D eigenvalue weighted by Crippen LogP contribution is 2.20. The molecule has 0 aliphatic carbocycles. The lowest BCUT2D eigenvalue weighted by Gasteiger charge is -2.13. The van der Waals surface area contributed by atoms with Gasteiger partial charge in [-0.05, 0) is 25.1 Å². The van der Waals surface area contributed by atoms with E-state index in [0.717, 1.165) is 0 Å². The molecular formula is C12H13N5O2S. The summed E-state index contributed by atoms with van der Waals surface area (Å²) in [7, 11) is -3.83. The van der Waals surface area contributed by atoms with E-state index in [2.05, 4.69) is 14.7 Å². The van der Waals surface area contributed by atoms with Crippen LogP contribution in [0.2, 0.25) is 0 Å². The minimum atomic E-state index is -3.83. The zero-order chi connectivity index (χ0) is 14.8. The summed E-state index contributed by atoms with van der Waals surface area (Å²) in [5.41, 5.74) is 5.88. The van der Waals surface area contributed by atoms with Gasteiger partial charge in [0.05, 0.1) is 16.5 Å². The summed E-state index contributed by atoms with van der Waals surface area (Å²) in [6.45, 7) is 1.65. The molecule has 104 valence electrons. The van der Waals surface area contributed by atoms with Gasteiger partial charge in [0.2, 0.25) is 10.0 Å². The second kappa shape index (κ2) is 5.32. The lowest BCUT2D eigenvalue weighted by molar-refractivity contribution is 0.561. The van der Waals surface area contributed by atoms with Gasteiger partial charge in [-0.25, -0.2) is 18.1 Å². The Hall–Kier alpha value is -2.37. The van der Waals surface area contributed by atoms with Crippen LogP contribution in [0.25, 0.3) is 0 Å². The van der Waals surface area contributed by atoms with Crippen molar-refractivity contribution in [3.8, 4) is 6.07 Å². The lowest BCUT2D eigenvalue weighted by Crippen LogP contribution is -2.28. The van der Waals surface area contributed by atoms with Crippen molar-refractivity contribution in [3.05, 3.63) is 42.0 Å². The van der Waals surface area contributed by atoms with Gasteiger partial charge in [0, 0.05) is 18.1 Å². The number of H-pyrrole nitrogens is 1. The second-order valence-corrected chi connectivity index (χ2v) is 5.87. The first-order chi connectivity index (χ1) is 9.44. The fourth-order valence-electron chi connectivity index (χ4n) is 1.74. The van der Waals surface area contributed by atoms with Crippen molar-refractivity contribution >= 4 is 15.7 Å². The number of nitrogens with zero attached hydrogens (tertiary/aromatic N) is 2. The molecule has 1 unspecified atom stereocenters. The maximum Gasteiger partial charge on any atom is 0.242 e. The van der Waals surface area contributed by atoms with Gasteiger partial charge in [-0.1, -0.05) is 0 Å². The first-order valence-electron chi connectivity index (χ1n) is 5.75. The molecule has 0 fully saturated rings. The smallest absolute Gasteiger partial charge is 0.242 e. The van der Waals surface area contributed by atoms with Crippen LogP contribution in [0.1, 0.15) is 24.4 Å². The number of imidazole rings is 1. The number of hydrogen-bond donors (Lipinski definition) is 3. The van der Waals surface area contributed by atoms with Crippen molar-refractivity contribution in [3.63, 3.8) is 0 Å². The number of sulfonamides is 1. The van der Waals surface area contributed by atoms with Crippen LogP contribution in [-0.2, 0) is 10.0 Å². The summed E-state index contributed by atoms with van der Waals surface area (Å²) in [5, 5.41) is 9.01. The Morgan fingerprint density at radius 2 is 2.25 bits per heavy atom. The predicted octanol–water partition coefficient (Wildman–Crippen LogP) is 0.903. The molecule has 0 amide bonds. The third kappa shape index (κ3) is 2.79. The number of rotatable bonds is 4. The maximum atomic E-state index is 12.3. The summed E-state index contributed by atoms with van der Waals surface area (Å²) in [5.74, 6) is 0.488. The van der Waals surface area contributed by atoms with Crippen LogP contribution in [0.3, 0.4) is 0 Å². The highest BCUT2D eigenvalue weighted by molar-refractivity contribution is 7.89. The summed E-state index contributed by atoms with van der Waals surface area (Å²) < 4.78 is 27.0. The van der Waals surface area contributed by atoms with Crippen molar-refractivity contribution in [2.45, 2.75) is 17.9 Å². The Morgan fingerprint density at radius 1 is 1.50 bits per heavy atom. The quantitative estimate of drug-likeness (QED) is 0.722. The van der Waals surface area contributed by atoms with Gasteiger partial charge in [0.15, 0.2) is 0 Å². The summed E-state index contributed by atoms with van der Waals surface area (Å²) in [6, 6.07) is 5.36. The molecule has 7 nitrogen and oxygen atoms in total. The van der Waals surface area contributed by atoms with Gasteiger partial charge in [-0.3, -0.25) is 0 Å². The highest BCUT2D eigenvalue weighted by Gasteiger charge is 2.22. The first kappa shape index (κ1) is 14.0. The third-order valence-corrected chi connectivity index (χ3v) is 4.27. The van der Waals surface area contributed by atoms with Gasteiger partial charge in [0.1, 0.15) is 11.9 Å². The van der Waals surface area contributed by atoms with E-state index in [1.165, 1.54) is 24.4 Å². The molecule has 2 rings (SSSR count). The van der Waals surface area contributed by atoms with Crippen LogP contribution in [0.4, 0.5) is 5.69 Å². The molecular weight excluding hydrogens is 278 g/mol. The normalized spacial score (nSPS) is 12.8. The molecule has 4 N–H and O–H groups in total. The topological polar surface area (TPSA) is 125 Å². The van der Waals surface area contributed by atoms with Crippen molar-refractivity contribution in [2.24, 2.45) is 0 Å². The number of nitriles is 1. The molecule has 0 spiro atoms. The van der Waals surface area contributed by atoms with Crippen LogP contribution >= 0.6 is 0 Å². The molecule has 20 heavy (non-hydrogen) atoms. The largest absolute Gasteiger partial charge is 0.399 e. The zero-order valence-electron chi connectivity index (χ0n) is 10.7. The molecule has 1 aromatic carbocycles. The van der Waals surface area contributed by atoms with Crippen molar-refractivity contribution in [2.75, 3.05) is 5.73 Å². The molecule has 0 saturated carbocycles. The van der Waals surface area contributed by atoms with E-state index >= 15 is 0 Å². The van der Waals surface area contributed by atoms with E-state index in [4.69, 9.17) is 11.0 Å². The number of benzene rings is 1. The van der Waals surface area contributed by atoms with E-state index in [1.807, 2.05) is 6.07 Å². The molecule has 1 atom stereocenters. The fourth-order valence-corrected chi connectivity index (χ4v) is 3.08. The van der Waals surface area contributed by atoms with Crippen LogP contribution in [0.5, 0.6) is 0 Å². The van der Waals surface area contributed by atoms with Crippen molar-refractivity contribution < 1.29 is 8.42 Å². The molecule has 8 heteroatoms. The molecule has 1 aromatic heterocycles. The summed E-state index contributed by atoms with van der Waals surface area (Å²) in [4.78, 5) is 6.70. The minimum absolute atomic E-state index is 0.00384. The second-order valence-electron chi connectivity index (χ2n) is 4.18. The number of aromatic amines is 1. The average Bonchev–Trinajstić information content (AvgIpc) is 2.91. The molecule has 0 radical (unpaired) electrons. The van der Waals surface area contributed by atoms with E-state index in [0.29, 0.717) is 11.5 Å². The Labute approximate surface area is 116 Å². The van der Waals surface area contributed by atoms with Gasteiger partial charge in [-0.15, -0.1) is 0 Å². The number of anilines is 1. The average molecular weight is 291 g/mol. The van der Waals surface area contributed by atoms with Crippen LogP contribution < -0.4 is 10.5 Å². The first-order valence-corrected chi connectivity index (χ1v) is 7.23. The third-order valence-electron chi connectivity index (χ3n) is 2.68. The van der Waals surface area contributed by atoms with E-state index in [-0.39, 0.29) is 10.5 Å². The fraction of sp³-hybridized carbons (Fsp3) is 0.167. The number of nitrogen functional groups attached to an aromatic ring is 1. The molecule has 2 aromatic rings. The molecule has 1 heterocycles. The number of aromatic nitrogens is 2. The maximum absolute atomic E-state index is 12.3. The molecule has 0 aliphatic heterocycles. The Balaban J connectivity index is 2.34. The molecule has 0 aliphatic rings. The summed E-state index contributed by atoms with van der Waals surface area (Å²) >= 11 is 0. The number of nitrogens with one attached hydrogen (secondary N) is 2. The Bertz CT molecular complexity index is 747. The van der Waals surface area contributed by atoms with Gasteiger partial charge >= 0.3 is 0 Å². The van der Waals surface area contributed by atoms with Crippen LogP contribution in [0, 0.1) is 11.3 Å². The standard InChI is InChI=1S/C12H13N5O2S/c1-8(12-15-4-5-16-12)17-20(18,19)11-3-2-10(14)6-9(11)7-13/h2-6,8,17H,14H2,1H3,(H,15,16). The van der Waals surface area contributed by atoms with E-state index < -0.39 is 16.1 Å². The Kier molecular flexibility index (Phi) is 3.74. The van der Waals surface area contributed by atoms with E-state index in [9.17, 15) is 8.42 Å². The van der Waals surface area contributed by atoms with E-state index in [1.54, 1.807) is 13.1 Å². The summed E-state index contributed by atoms with van der Waals surface area (Å²) in [6.07, 6.45) is 3.13. The number of hydrogen-bond acceptors (Lipinski definition) is 5. The highest BCUT2D eigenvalue weighted by atomic mass is 32.2. The van der Waals surface area contributed by atoms with Crippen LogP contribution in [-0.4, -0.2) is 18.4 Å². The SMILES string of the molecule is CC(NS(=O)(=O)c1ccc(N)cc1C#N)c1ncc[nH]1. The number of nitrogens with two attached hydrogens (primary N) is 1. The monoisotopic (exact) mass is 291 g/mol. The predicted molar refractivity (Wildman–Crippen MR) is 72.9 cm³/mol.